The Bertz CT molecular complexity index is 457. The third-order valence-electron chi connectivity index (χ3n) is 3.79. The minimum Gasteiger partial charge on any atom is -0.493 e. The van der Waals surface area contributed by atoms with Crippen LogP contribution in [0.15, 0.2) is 18.2 Å². The molecule has 0 spiro atoms. The highest BCUT2D eigenvalue weighted by atomic mass is 19.3. The maximum Gasteiger partial charge on any atom is 0.387 e. The zero-order valence-electron chi connectivity index (χ0n) is 12.2. The second kappa shape index (κ2) is 7.56. The van der Waals surface area contributed by atoms with Crippen molar-refractivity contribution in [2.24, 2.45) is 11.7 Å². The third-order valence-corrected chi connectivity index (χ3v) is 3.79. The number of ether oxygens (including phenoxy) is 2. The van der Waals surface area contributed by atoms with Gasteiger partial charge in [-0.05, 0) is 49.5 Å². The topological polar surface area (TPSA) is 47.7 Å². The summed E-state index contributed by atoms with van der Waals surface area (Å²) in [6.45, 7) is 0.505. The predicted molar refractivity (Wildman–Crippen MR) is 76.7 cm³/mol. The summed E-state index contributed by atoms with van der Waals surface area (Å²) in [4.78, 5) is 2.30. The molecule has 1 aromatic rings. The molecule has 2 N–H and O–H groups in total. The minimum absolute atomic E-state index is 0.0809. The van der Waals surface area contributed by atoms with E-state index in [2.05, 4.69) is 9.64 Å². The molecule has 1 heterocycles. The van der Waals surface area contributed by atoms with Gasteiger partial charge in [-0.2, -0.15) is 8.78 Å². The number of rotatable bonds is 6. The SMILES string of the molecule is COc1ccc(CN2CCCC(CN)C2)cc1OC(F)F. The van der Waals surface area contributed by atoms with Crippen LogP contribution >= 0.6 is 0 Å². The highest BCUT2D eigenvalue weighted by Gasteiger charge is 2.19. The molecular weight excluding hydrogens is 278 g/mol. The Morgan fingerprint density at radius 2 is 2.19 bits per heavy atom. The summed E-state index contributed by atoms with van der Waals surface area (Å²) in [5.74, 6) is 0.920. The number of nitrogens with zero attached hydrogens (tertiary/aromatic N) is 1. The average molecular weight is 300 g/mol. The summed E-state index contributed by atoms with van der Waals surface area (Å²) in [7, 11) is 1.43. The second-order valence-electron chi connectivity index (χ2n) is 5.34. The first-order chi connectivity index (χ1) is 10.1. The molecule has 0 aliphatic carbocycles. The van der Waals surface area contributed by atoms with Crippen molar-refractivity contribution >= 4 is 0 Å². The van der Waals surface area contributed by atoms with Gasteiger partial charge in [0, 0.05) is 13.1 Å². The van der Waals surface area contributed by atoms with E-state index in [1.54, 1.807) is 12.1 Å². The smallest absolute Gasteiger partial charge is 0.387 e. The van der Waals surface area contributed by atoms with E-state index in [9.17, 15) is 8.78 Å². The van der Waals surface area contributed by atoms with Crippen LogP contribution in [0.4, 0.5) is 8.78 Å². The van der Waals surface area contributed by atoms with Crippen molar-refractivity contribution in [2.75, 3.05) is 26.7 Å². The molecule has 6 heteroatoms. The Kier molecular flexibility index (Phi) is 5.76. The van der Waals surface area contributed by atoms with E-state index in [0.717, 1.165) is 31.5 Å². The van der Waals surface area contributed by atoms with Crippen LogP contribution < -0.4 is 15.2 Å². The summed E-state index contributed by atoms with van der Waals surface area (Å²) >= 11 is 0. The molecule has 1 unspecified atom stereocenters. The quantitative estimate of drug-likeness (QED) is 0.877. The van der Waals surface area contributed by atoms with Gasteiger partial charge in [0.1, 0.15) is 0 Å². The van der Waals surface area contributed by atoms with Crippen LogP contribution in [-0.4, -0.2) is 38.3 Å². The molecule has 0 radical (unpaired) electrons. The van der Waals surface area contributed by atoms with Crippen molar-refractivity contribution in [2.45, 2.75) is 26.0 Å². The monoisotopic (exact) mass is 300 g/mol. The predicted octanol–water partition coefficient (Wildman–Crippen LogP) is 2.47. The number of hydrogen-bond donors (Lipinski definition) is 1. The van der Waals surface area contributed by atoms with Crippen LogP contribution in [0.2, 0.25) is 0 Å². The van der Waals surface area contributed by atoms with Crippen molar-refractivity contribution in [3.8, 4) is 11.5 Å². The number of benzene rings is 1. The van der Waals surface area contributed by atoms with Gasteiger partial charge in [-0.25, -0.2) is 0 Å². The standard InChI is InChI=1S/C15H22F2N2O2/c1-20-13-5-4-11(7-14(13)21-15(16)17)9-19-6-2-3-12(8-18)10-19/h4-5,7,12,15H,2-3,6,8-10,18H2,1H3. The van der Waals surface area contributed by atoms with E-state index in [1.165, 1.54) is 7.11 Å². The minimum atomic E-state index is -2.86. The molecule has 1 fully saturated rings. The van der Waals surface area contributed by atoms with Crippen molar-refractivity contribution < 1.29 is 18.3 Å². The molecule has 4 nitrogen and oxygen atoms in total. The van der Waals surface area contributed by atoms with Gasteiger partial charge >= 0.3 is 6.61 Å². The second-order valence-corrected chi connectivity index (χ2v) is 5.34. The number of likely N-dealkylation sites (tertiary alicyclic amines) is 1. The molecule has 0 saturated carbocycles. The average Bonchev–Trinajstić information content (AvgIpc) is 2.47. The Morgan fingerprint density at radius 1 is 1.38 bits per heavy atom. The first-order valence-corrected chi connectivity index (χ1v) is 7.16. The van der Waals surface area contributed by atoms with Crippen LogP contribution in [0.3, 0.4) is 0 Å². The number of halogens is 2. The van der Waals surface area contributed by atoms with E-state index in [4.69, 9.17) is 10.5 Å². The molecule has 0 amide bonds. The third kappa shape index (κ3) is 4.54. The maximum absolute atomic E-state index is 12.4. The lowest BCUT2D eigenvalue weighted by Gasteiger charge is -2.32. The molecule has 0 aromatic heterocycles. The van der Waals surface area contributed by atoms with Crippen molar-refractivity contribution in [3.63, 3.8) is 0 Å². The van der Waals surface area contributed by atoms with Gasteiger partial charge in [-0.1, -0.05) is 6.07 Å². The first kappa shape index (κ1) is 16.0. The molecule has 1 aliphatic rings. The zero-order chi connectivity index (χ0) is 15.2. The maximum atomic E-state index is 12.4. The molecule has 21 heavy (non-hydrogen) atoms. The Balaban J connectivity index is 2.05. The molecule has 0 bridgehead atoms. The van der Waals surface area contributed by atoms with E-state index in [-0.39, 0.29) is 5.75 Å². The summed E-state index contributed by atoms with van der Waals surface area (Å²) in [5, 5.41) is 0. The van der Waals surface area contributed by atoms with Gasteiger partial charge in [-0.15, -0.1) is 0 Å². The molecule has 1 saturated heterocycles. The van der Waals surface area contributed by atoms with E-state index >= 15 is 0 Å². The van der Waals surface area contributed by atoms with E-state index < -0.39 is 6.61 Å². The number of piperidine rings is 1. The Hall–Kier alpha value is -1.40. The first-order valence-electron chi connectivity index (χ1n) is 7.16. The number of nitrogens with two attached hydrogens (primary N) is 1. The van der Waals surface area contributed by atoms with Gasteiger partial charge in [0.2, 0.25) is 0 Å². The summed E-state index contributed by atoms with van der Waals surface area (Å²) in [6, 6.07) is 5.16. The number of hydrogen-bond acceptors (Lipinski definition) is 4. The van der Waals surface area contributed by atoms with E-state index in [0.29, 0.717) is 24.8 Å². The van der Waals surface area contributed by atoms with Gasteiger partial charge < -0.3 is 15.2 Å². The Morgan fingerprint density at radius 3 is 2.86 bits per heavy atom. The van der Waals surface area contributed by atoms with Crippen LogP contribution in [0.5, 0.6) is 11.5 Å². The van der Waals surface area contributed by atoms with Crippen molar-refractivity contribution in [3.05, 3.63) is 23.8 Å². The Labute approximate surface area is 123 Å². The molecule has 1 aromatic carbocycles. The number of methoxy groups -OCH3 is 1. The van der Waals surface area contributed by atoms with Crippen LogP contribution in [-0.2, 0) is 6.54 Å². The molecular formula is C15H22F2N2O2. The van der Waals surface area contributed by atoms with Gasteiger partial charge in [0.05, 0.1) is 7.11 Å². The van der Waals surface area contributed by atoms with Gasteiger partial charge in [0.15, 0.2) is 11.5 Å². The summed E-state index contributed by atoms with van der Waals surface area (Å²) < 4.78 is 34.4. The fraction of sp³-hybridized carbons (Fsp3) is 0.600. The summed E-state index contributed by atoms with van der Waals surface area (Å²) in [5.41, 5.74) is 6.66. The highest BCUT2D eigenvalue weighted by molar-refractivity contribution is 5.43. The van der Waals surface area contributed by atoms with Crippen LogP contribution in [0.25, 0.3) is 0 Å². The largest absolute Gasteiger partial charge is 0.493 e. The fourth-order valence-corrected chi connectivity index (χ4v) is 2.75. The highest BCUT2D eigenvalue weighted by Crippen LogP contribution is 2.30. The lowest BCUT2D eigenvalue weighted by molar-refractivity contribution is -0.0512. The fourth-order valence-electron chi connectivity index (χ4n) is 2.75. The van der Waals surface area contributed by atoms with Crippen molar-refractivity contribution in [1.29, 1.82) is 0 Å². The lowest BCUT2D eigenvalue weighted by Crippen LogP contribution is -2.37. The zero-order valence-corrected chi connectivity index (χ0v) is 12.2. The summed E-state index contributed by atoms with van der Waals surface area (Å²) in [6.07, 6.45) is 2.29. The molecule has 2 rings (SSSR count). The van der Waals surface area contributed by atoms with Gasteiger partial charge in [-0.3, -0.25) is 4.90 Å². The molecule has 1 atom stereocenters. The normalized spacial score (nSPS) is 19.8. The molecule has 1 aliphatic heterocycles. The van der Waals surface area contributed by atoms with Crippen molar-refractivity contribution in [1.82, 2.24) is 4.90 Å². The van der Waals surface area contributed by atoms with Crippen LogP contribution in [0.1, 0.15) is 18.4 Å². The molecule has 118 valence electrons. The number of alkyl halides is 2. The van der Waals surface area contributed by atoms with Gasteiger partial charge in [0.25, 0.3) is 0 Å². The van der Waals surface area contributed by atoms with Crippen LogP contribution in [0, 0.1) is 5.92 Å². The lowest BCUT2D eigenvalue weighted by atomic mass is 9.98. The van der Waals surface area contributed by atoms with E-state index in [1.807, 2.05) is 6.07 Å².